The molecule has 0 aromatic carbocycles. The van der Waals surface area contributed by atoms with Gasteiger partial charge >= 0.3 is 12.0 Å². The average molecular weight is 301 g/mol. The summed E-state index contributed by atoms with van der Waals surface area (Å²) in [4.78, 5) is 34.8. The lowest BCUT2D eigenvalue weighted by molar-refractivity contribution is -0.151. The van der Waals surface area contributed by atoms with Crippen molar-refractivity contribution in [2.45, 2.75) is 53.7 Å². The number of carbonyl (C=O) groups is 3. The molecule has 3 amide bonds. The summed E-state index contributed by atoms with van der Waals surface area (Å²) in [6, 6.07) is -1.54. The van der Waals surface area contributed by atoms with E-state index in [-0.39, 0.29) is 24.5 Å². The standard InChI is InChI=1S/C14H27N3O4/c1-8(2)21-12(19)9(3)7-16-11(18)10(14(4,5)6)17-13(15)20/h8-10H,7H2,1-6H3,(H,16,18)(H3,15,17,20)/t9-,10-/m0/s1. The molecule has 7 nitrogen and oxygen atoms in total. The molecule has 122 valence electrons. The van der Waals surface area contributed by atoms with E-state index in [1.165, 1.54) is 0 Å². The van der Waals surface area contributed by atoms with E-state index in [1.807, 2.05) is 20.8 Å². The van der Waals surface area contributed by atoms with Gasteiger partial charge in [0.25, 0.3) is 0 Å². The average Bonchev–Trinajstić information content (AvgIpc) is 2.30. The number of urea groups is 1. The maximum atomic E-state index is 12.1. The van der Waals surface area contributed by atoms with Gasteiger partial charge in [-0.2, -0.15) is 0 Å². The summed E-state index contributed by atoms with van der Waals surface area (Å²) in [6.07, 6.45) is -0.200. The number of nitrogens with one attached hydrogen (secondary N) is 2. The minimum absolute atomic E-state index is 0.136. The first kappa shape index (κ1) is 19.2. The zero-order valence-corrected chi connectivity index (χ0v) is 13.6. The summed E-state index contributed by atoms with van der Waals surface area (Å²) in [5, 5.41) is 5.05. The Morgan fingerprint density at radius 3 is 2.05 bits per heavy atom. The molecule has 0 aliphatic carbocycles. The van der Waals surface area contributed by atoms with Gasteiger partial charge in [0.15, 0.2) is 0 Å². The van der Waals surface area contributed by atoms with Crippen molar-refractivity contribution in [1.29, 1.82) is 0 Å². The zero-order valence-electron chi connectivity index (χ0n) is 13.6. The molecular formula is C14H27N3O4. The van der Waals surface area contributed by atoms with E-state index in [1.54, 1.807) is 20.8 Å². The molecule has 0 unspecified atom stereocenters. The second kappa shape index (κ2) is 7.85. The molecule has 21 heavy (non-hydrogen) atoms. The Balaban J connectivity index is 4.57. The number of primary amides is 1. The number of amides is 3. The van der Waals surface area contributed by atoms with Crippen LogP contribution in [0.25, 0.3) is 0 Å². The molecule has 2 atom stereocenters. The molecule has 0 aliphatic rings. The van der Waals surface area contributed by atoms with Crippen molar-refractivity contribution in [3.05, 3.63) is 0 Å². The molecule has 0 radical (unpaired) electrons. The van der Waals surface area contributed by atoms with Crippen molar-refractivity contribution >= 4 is 17.9 Å². The van der Waals surface area contributed by atoms with Crippen LogP contribution >= 0.6 is 0 Å². The molecule has 0 aromatic rings. The maximum Gasteiger partial charge on any atom is 0.312 e. The predicted molar refractivity (Wildman–Crippen MR) is 79.4 cm³/mol. The summed E-state index contributed by atoms with van der Waals surface area (Å²) in [5.41, 5.74) is 4.58. The highest BCUT2D eigenvalue weighted by molar-refractivity contribution is 5.87. The first-order chi connectivity index (χ1) is 9.45. The van der Waals surface area contributed by atoms with Crippen molar-refractivity contribution in [1.82, 2.24) is 10.6 Å². The van der Waals surface area contributed by atoms with Crippen LogP contribution in [0.15, 0.2) is 0 Å². The van der Waals surface area contributed by atoms with Gasteiger partial charge in [0, 0.05) is 6.54 Å². The number of ether oxygens (including phenoxy) is 1. The third kappa shape index (κ3) is 7.53. The zero-order chi connectivity index (χ0) is 16.8. The topological polar surface area (TPSA) is 111 Å². The van der Waals surface area contributed by atoms with Gasteiger partial charge in [-0.3, -0.25) is 9.59 Å². The summed E-state index contributed by atoms with van der Waals surface area (Å²) < 4.78 is 5.06. The van der Waals surface area contributed by atoms with Gasteiger partial charge in [-0.1, -0.05) is 27.7 Å². The second-order valence-electron chi connectivity index (χ2n) is 6.44. The molecule has 0 saturated heterocycles. The number of hydrogen-bond donors (Lipinski definition) is 3. The van der Waals surface area contributed by atoms with Gasteiger partial charge in [-0.05, 0) is 19.3 Å². The monoisotopic (exact) mass is 301 g/mol. The van der Waals surface area contributed by atoms with Crippen LogP contribution in [0.3, 0.4) is 0 Å². The van der Waals surface area contributed by atoms with Crippen LogP contribution in [-0.2, 0) is 14.3 Å². The predicted octanol–water partition coefficient (Wildman–Crippen LogP) is 0.773. The Hall–Kier alpha value is -1.79. The van der Waals surface area contributed by atoms with Gasteiger partial charge < -0.3 is 21.1 Å². The molecule has 0 spiro atoms. The van der Waals surface area contributed by atoms with Gasteiger partial charge in [-0.15, -0.1) is 0 Å². The van der Waals surface area contributed by atoms with E-state index in [0.29, 0.717) is 0 Å². The first-order valence-corrected chi connectivity index (χ1v) is 6.99. The highest BCUT2D eigenvalue weighted by Crippen LogP contribution is 2.19. The fourth-order valence-electron chi connectivity index (χ4n) is 1.61. The van der Waals surface area contributed by atoms with Gasteiger partial charge in [0.05, 0.1) is 12.0 Å². The lowest BCUT2D eigenvalue weighted by atomic mass is 9.86. The second-order valence-corrected chi connectivity index (χ2v) is 6.44. The van der Waals surface area contributed by atoms with Crippen molar-refractivity contribution in [2.75, 3.05) is 6.54 Å². The van der Waals surface area contributed by atoms with Crippen LogP contribution in [0.4, 0.5) is 4.79 Å². The lowest BCUT2D eigenvalue weighted by Crippen LogP contribution is -2.55. The third-order valence-electron chi connectivity index (χ3n) is 2.75. The van der Waals surface area contributed by atoms with E-state index in [4.69, 9.17) is 10.5 Å². The minimum atomic E-state index is -0.775. The largest absolute Gasteiger partial charge is 0.463 e. The minimum Gasteiger partial charge on any atom is -0.463 e. The molecule has 0 rings (SSSR count). The Morgan fingerprint density at radius 2 is 1.67 bits per heavy atom. The van der Waals surface area contributed by atoms with Crippen molar-refractivity contribution in [3.63, 3.8) is 0 Å². The number of carbonyl (C=O) groups excluding carboxylic acids is 3. The fourth-order valence-corrected chi connectivity index (χ4v) is 1.61. The number of nitrogens with two attached hydrogens (primary N) is 1. The van der Waals surface area contributed by atoms with E-state index >= 15 is 0 Å². The van der Waals surface area contributed by atoms with E-state index in [0.717, 1.165) is 0 Å². The molecule has 0 aliphatic heterocycles. The molecule has 0 fully saturated rings. The summed E-state index contributed by atoms with van der Waals surface area (Å²) in [7, 11) is 0. The molecular weight excluding hydrogens is 274 g/mol. The van der Waals surface area contributed by atoms with Crippen molar-refractivity contribution in [3.8, 4) is 0 Å². The maximum absolute atomic E-state index is 12.1. The quantitative estimate of drug-likeness (QED) is 0.629. The van der Waals surface area contributed by atoms with E-state index < -0.39 is 23.4 Å². The molecule has 0 saturated carbocycles. The van der Waals surface area contributed by atoms with Gasteiger partial charge in [-0.25, -0.2) is 4.79 Å². The number of rotatable bonds is 6. The third-order valence-corrected chi connectivity index (χ3v) is 2.75. The fraction of sp³-hybridized carbons (Fsp3) is 0.786. The lowest BCUT2D eigenvalue weighted by Gasteiger charge is -2.30. The number of hydrogen-bond acceptors (Lipinski definition) is 4. The molecule has 4 N–H and O–H groups in total. The van der Waals surface area contributed by atoms with Crippen LogP contribution in [0.1, 0.15) is 41.5 Å². The smallest absolute Gasteiger partial charge is 0.312 e. The van der Waals surface area contributed by atoms with Gasteiger partial charge in [0.2, 0.25) is 5.91 Å². The van der Waals surface area contributed by atoms with E-state index in [9.17, 15) is 14.4 Å². The SMILES string of the molecule is CC(C)OC(=O)[C@@H](C)CNC(=O)[C@H](NC(N)=O)C(C)(C)C. The normalized spacial score (nSPS) is 14.2. The summed E-state index contributed by atoms with van der Waals surface area (Å²) >= 11 is 0. The summed E-state index contributed by atoms with van der Waals surface area (Å²) in [6.45, 7) is 10.7. The molecule has 0 bridgehead atoms. The van der Waals surface area contributed by atoms with Crippen molar-refractivity contribution in [2.24, 2.45) is 17.1 Å². The van der Waals surface area contributed by atoms with Crippen LogP contribution in [0.2, 0.25) is 0 Å². The Labute approximate surface area is 126 Å². The van der Waals surface area contributed by atoms with Crippen molar-refractivity contribution < 1.29 is 19.1 Å². The Bertz CT molecular complexity index is 388. The summed E-state index contributed by atoms with van der Waals surface area (Å²) in [5.74, 6) is -1.23. The van der Waals surface area contributed by atoms with Crippen LogP contribution in [0.5, 0.6) is 0 Å². The van der Waals surface area contributed by atoms with Crippen LogP contribution in [-0.4, -0.2) is 36.6 Å². The Kier molecular flexibility index (Phi) is 7.18. The Morgan fingerprint density at radius 1 is 1.14 bits per heavy atom. The van der Waals surface area contributed by atoms with E-state index in [2.05, 4.69) is 10.6 Å². The van der Waals surface area contributed by atoms with Gasteiger partial charge in [0.1, 0.15) is 6.04 Å². The molecule has 0 heterocycles. The first-order valence-electron chi connectivity index (χ1n) is 6.99. The molecule has 7 heteroatoms. The highest BCUT2D eigenvalue weighted by atomic mass is 16.5. The van der Waals surface area contributed by atoms with Crippen LogP contribution < -0.4 is 16.4 Å². The number of esters is 1. The van der Waals surface area contributed by atoms with Crippen LogP contribution in [0, 0.1) is 11.3 Å². The molecule has 0 aromatic heterocycles. The highest BCUT2D eigenvalue weighted by Gasteiger charge is 2.32.